The number of carbonyl (C=O) groups excluding carboxylic acids is 2. The van der Waals surface area contributed by atoms with Gasteiger partial charge in [0.15, 0.2) is 0 Å². The molecule has 1 saturated heterocycles. The van der Waals surface area contributed by atoms with E-state index >= 15 is 0 Å². The molecule has 0 radical (unpaired) electrons. The van der Waals surface area contributed by atoms with Crippen molar-refractivity contribution < 1.29 is 9.59 Å². The van der Waals surface area contributed by atoms with Crippen LogP contribution in [0.15, 0.2) is 30.3 Å². The molecule has 1 aliphatic heterocycles. The molecule has 7 heteroatoms. The molecule has 0 spiro atoms. The van der Waals surface area contributed by atoms with Gasteiger partial charge in [0.25, 0.3) is 5.91 Å². The molecular weight excluding hydrogens is 354 g/mol. The molecule has 0 saturated carbocycles. The van der Waals surface area contributed by atoms with Crippen LogP contribution in [0, 0.1) is 6.92 Å². The fourth-order valence-corrected chi connectivity index (χ4v) is 3.38. The molecule has 0 atom stereocenters. The summed E-state index contributed by atoms with van der Waals surface area (Å²) < 4.78 is 0. The third-order valence-electron chi connectivity index (χ3n) is 4.94. The van der Waals surface area contributed by atoms with Crippen molar-refractivity contribution >= 4 is 23.3 Å². The van der Waals surface area contributed by atoms with Crippen LogP contribution in [0.3, 0.4) is 0 Å². The first-order chi connectivity index (χ1) is 13.3. The minimum Gasteiger partial charge on any atom is -0.353 e. The second-order valence-corrected chi connectivity index (χ2v) is 7.35. The Hall–Kier alpha value is -2.96. The summed E-state index contributed by atoms with van der Waals surface area (Å²) in [6.45, 7) is 10.2. The van der Waals surface area contributed by atoms with E-state index in [2.05, 4.69) is 34.0 Å². The Kier molecular flexibility index (Phi) is 5.92. The van der Waals surface area contributed by atoms with Crippen LogP contribution in [-0.4, -0.2) is 52.9 Å². The summed E-state index contributed by atoms with van der Waals surface area (Å²) in [5.41, 5.74) is 2.23. The Morgan fingerprint density at radius 1 is 1.07 bits per heavy atom. The van der Waals surface area contributed by atoms with Gasteiger partial charge in [-0.2, -0.15) is 0 Å². The quantitative estimate of drug-likeness (QED) is 0.881. The Balaban J connectivity index is 1.78. The molecule has 2 amide bonds. The van der Waals surface area contributed by atoms with Gasteiger partial charge in [0.05, 0.1) is 0 Å². The third-order valence-corrected chi connectivity index (χ3v) is 4.94. The van der Waals surface area contributed by atoms with Gasteiger partial charge in [-0.05, 0) is 24.5 Å². The van der Waals surface area contributed by atoms with Crippen LogP contribution < -0.4 is 10.2 Å². The molecule has 1 fully saturated rings. The number of amides is 2. The highest BCUT2D eigenvalue weighted by Crippen LogP contribution is 2.24. The monoisotopic (exact) mass is 381 g/mol. The maximum Gasteiger partial charge on any atom is 0.274 e. The van der Waals surface area contributed by atoms with Crippen molar-refractivity contribution in [3.05, 3.63) is 47.4 Å². The summed E-state index contributed by atoms with van der Waals surface area (Å²) in [5, 5.41) is 2.99. The summed E-state index contributed by atoms with van der Waals surface area (Å²) in [7, 11) is 0. The second kappa shape index (κ2) is 8.37. The molecule has 148 valence electrons. The number of hydrogen-bond acceptors (Lipinski definition) is 5. The smallest absolute Gasteiger partial charge is 0.274 e. The van der Waals surface area contributed by atoms with Gasteiger partial charge < -0.3 is 15.1 Å². The van der Waals surface area contributed by atoms with Gasteiger partial charge in [-0.1, -0.05) is 32.0 Å². The van der Waals surface area contributed by atoms with Gasteiger partial charge >= 0.3 is 0 Å². The highest BCUT2D eigenvalue weighted by molar-refractivity contribution is 6.03. The molecule has 1 aromatic heterocycles. The fraction of sp³-hybridized carbons (Fsp3) is 0.429. The highest BCUT2D eigenvalue weighted by Gasteiger charge is 2.21. The Bertz CT molecular complexity index is 873. The van der Waals surface area contributed by atoms with Crippen LogP contribution in [0.5, 0.6) is 0 Å². The average Bonchev–Trinajstić information content (AvgIpc) is 2.67. The van der Waals surface area contributed by atoms with Crippen molar-refractivity contribution in [3.8, 4) is 0 Å². The normalized spacial score (nSPS) is 14.3. The van der Waals surface area contributed by atoms with Crippen LogP contribution in [0.2, 0.25) is 0 Å². The van der Waals surface area contributed by atoms with Crippen molar-refractivity contribution in [2.24, 2.45) is 0 Å². The molecule has 2 aromatic rings. The number of aromatic nitrogens is 2. The van der Waals surface area contributed by atoms with Crippen molar-refractivity contribution in [1.29, 1.82) is 0 Å². The number of benzene rings is 1. The molecular formula is C21H27N5O2. The zero-order chi connectivity index (χ0) is 20.3. The summed E-state index contributed by atoms with van der Waals surface area (Å²) in [6.07, 6.45) is 0. The first-order valence-corrected chi connectivity index (χ1v) is 9.61. The molecule has 1 aromatic carbocycles. The second-order valence-electron chi connectivity index (χ2n) is 7.35. The molecule has 1 aliphatic rings. The molecule has 3 rings (SSSR count). The zero-order valence-corrected chi connectivity index (χ0v) is 16.9. The Labute approximate surface area is 165 Å². The van der Waals surface area contributed by atoms with Gasteiger partial charge in [0, 0.05) is 44.9 Å². The minimum atomic E-state index is -0.248. The van der Waals surface area contributed by atoms with Gasteiger partial charge in [0.2, 0.25) is 5.91 Å². The average molecular weight is 381 g/mol. The molecule has 0 bridgehead atoms. The maximum absolute atomic E-state index is 12.8. The number of aryl methyl sites for hydroxylation is 1. The van der Waals surface area contributed by atoms with E-state index < -0.39 is 0 Å². The minimum absolute atomic E-state index is 0.0856. The van der Waals surface area contributed by atoms with Crippen LogP contribution in [0.1, 0.15) is 48.6 Å². The van der Waals surface area contributed by atoms with E-state index in [0.717, 1.165) is 17.1 Å². The van der Waals surface area contributed by atoms with Gasteiger partial charge in [0.1, 0.15) is 17.3 Å². The maximum atomic E-state index is 12.8. The van der Waals surface area contributed by atoms with Crippen LogP contribution >= 0.6 is 0 Å². The standard InChI is InChI=1S/C21H27N5O2/c1-14(2)17-7-5-6-8-18(17)24-21(28)19-13-20(23-15(3)22-19)26-11-9-25(10-12-26)16(4)27/h5-8,13-14H,9-12H2,1-4H3,(H,24,28). The van der Waals surface area contributed by atoms with Crippen molar-refractivity contribution in [3.63, 3.8) is 0 Å². The van der Waals surface area contributed by atoms with E-state index in [0.29, 0.717) is 43.6 Å². The van der Waals surface area contributed by atoms with E-state index in [1.54, 1.807) is 19.9 Å². The molecule has 7 nitrogen and oxygen atoms in total. The third kappa shape index (κ3) is 4.47. The fourth-order valence-electron chi connectivity index (χ4n) is 3.38. The van der Waals surface area contributed by atoms with Gasteiger partial charge in [-0.3, -0.25) is 9.59 Å². The number of para-hydroxylation sites is 1. The first-order valence-electron chi connectivity index (χ1n) is 9.61. The molecule has 0 unspecified atom stereocenters. The molecule has 1 N–H and O–H groups in total. The number of nitrogens with one attached hydrogen (secondary N) is 1. The molecule has 28 heavy (non-hydrogen) atoms. The number of carbonyl (C=O) groups is 2. The highest BCUT2D eigenvalue weighted by atomic mass is 16.2. The van der Waals surface area contributed by atoms with Crippen molar-refractivity contribution in [2.45, 2.75) is 33.6 Å². The van der Waals surface area contributed by atoms with Crippen LogP contribution in [0.4, 0.5) is 11.5 Å². The Morgan fingerprint density at radius 3 is 2.39 bits per heavy atom. The van der Waals surface area contributed by atoms with E-state index in [4.69, 9.17) is 0 Å². The van der Waals surface area contributed by atoms with E-state index in [1.807, 2.05) is 29.2 Å². The number of anilines is 2. The van der Waals surface area contributed by atoms with Gasteiger partial charge in [-0.25, -0.2) is 9.97 Å². The molecule has 0 aliphatic carbocycles. The topological polar surface area (TPSA) is 78.4 Å². The predicted octanol–water partition coefficient (Wildman–Crippen LogP) is 2.83. The number of nitrogens with zero attached hydrogens (tertiary/aromatic N) is 4. The lowest BCUT2D eigenvalue weighted by molar-refractivity contribution is -0.129. The van der Waals surface area contributed by atoms with Gasteiger partial charge in [-0.15, -0.1) is 0 Å². The SMILES string of the molecule is CC(=O)N1CCN(c2cc(C(=O)Nc3ccccc3C(C)C)nc(C)n2)CC1. The van der Waals surface area contributed by atoms with E-state index in [1.165, 1.54) is 0 Å². The number of hydrogen-bond donors (Lipinski definition) is 1. The lowest BCUT2D eigenvalue weighted by Gasteiger charge is -2.35. The summed E-state index contributed by atoms with van der Waals surface area (Å²) in [5.74, 6) is 1.41. The van der Waals surface area contributed by atoms with E-state index in [-0.39, 0.29) is 11.8 Å². The number of rotatable bonds is 4. The first kappa shape index (κ1) is 19.8. The predicted molar refractivity (Wildman–Crippen MR) is 110 cm³/mol. The lowest BCUT2D eigenvalue weighted by Crippen LogP contribution is -2.48. The van der Waals surface area contributed by atoms with Crippen molar-refractivity contribution in [2.75, 3.05) is 36.4 Å². The number of piperazine rings is 1. The Morgan fingerprint density at radius 2 is 1.75 bits per heavy atom. The summed E-state index contributed by atoms with van der Waals surface area (Å²) in [4.78, 5) is 37.1. The van der Waals surface area contributed by atoms with Crippen LogP contribution in [-0.2, 0) is 4.79 Å². The zero-order valence-electron chi connectivity index (χ0n) is 16.9. The lowest BCUT2D eigenvalue weighted by atomic mass is 10.0. The summed E-state index contributed by atoms with van der Waals surface area (Å²) >= 11 is 0. The van der Waals surface area contributed by atoms with Crippen molar-refractivity contribution in [1.82, 2.24) is 14.9 Å². The van der Waals surface area contributed by atoms with Crippen LogP contribution in [0.25, 0.3) is 0 Å². The summed E-state index contributed by atoms with van der Waals surface area (Å²) in [6, 6.07) is 9.53. The van der Waals surface area contributed by atoms with E-state index in [9.17, 15) is 9.59 Å². The largest absolute Gasteiger partial charge is 0.353 e. The molecule has 2 heterocycles.